The lowest BCUT2D eigenvalue weighted by atomic mass is 10.0. The summed E-state index contributed by atoms with van der Waals surface area (Å²) >= 11 is 0. The average Bonchev–Trinajstić information content (AvgIpc) is 3.12. The summed E-state index contributed by atoms with van der Waals surface area (Å²) in [5, 5.41) is 3.08. The number of nitrogens with one attached hydrogen (secondary N) is 1. The van der Waals surface area contributed by atoms with Gasteiger partial charge in [0.2, 0.25) is 5.91 Å². The second-order valence-corrected chi connectivity index (χ2v) is 13.9. The molecule has 3 aromatic carbocycles. The van der Waals surface area contributed by atoms with Crippen molar-refractivity contribution in [2.45, 2.75) is 57.9 Å². The third-order valence-electron chi connectivity index (χ3n) is 8.90. The number of hydrogen-bond acceptors (Lipinski definition) is 8. The van der Waals surface area contributed by atoms with Crippen molar-refractivity contribution >= 4 is 22.9 Å². The minimum atomic E-state index is -4.90. The third-order valence-corrected chi connectivity index (χ3v) is 8.90. The number of aromatic nitrogens is 2. The van der Waals surface area contributed by atoms with Crippen LogP contribution in [0.2, 0.25) is 0 Å². The zero-order valence-corrected chi connectivity index (χ0v) is 30.7. The summed E-state index contributed by atoms with van der Waals surface area (Å²) in [7, 11) is 1.52. The van der Waals surface area contributed by atoms with Gasteiger partial charge in [0, 0.05) is 32.7 Å². The van der Waals surface area contributed by atoms with E-state index in [-0.39, 0.29) is 36.5 Å². The molecule has 0 radical (unpaired) electrons. The van der Waals surface area contributed by atoms with Crippen LogP contribution in [0.25, 0.3) is 16.6 Å². The summed E-state index contributed by atoms with van der Waals surface area (Å²) in [4.78, 5) is 50.0. The molecule has 1 N–H and O–H groups in total. The molecule has 0 spiro atoms. The molecule has 1 atom stereocenters. The maximum atomic E-state index is 14.7. The van der Waals surface area contributed by atoms with Crippen molar-refractivity contribution < 1.29 is 41.4 Å². The number of ether oxygens (including phenoxy) is 3. The first kappa shape index (κ1) is 40.2. The molecule has 4 aromatic rings. The average molecular weight is 756 g/mol. The van der Waals surface area contributed by atoms with Crippen LogP contribution < -0.4 is 15.6 Å². The van der Waals surface area contributed by atoms with E-state index in [1.165, 1.54) is 11.7 Å². The number of amides is 2. The molecule has 0 aliphatic carbocycles. The number of carbonyl (C=O) groups is 2. The second-order valence-electron chi connectivity index (χ2n) is 13.9. The largest absolute Gasteiger partial charge is 0.497 e. The molecule has 1 unspecified atom stereocenters. The van der Waals surface area contributed by atoms with Gasteiger partial charge in [-0.05, 0) is 87.7 Å². The molecule has 1 aliphatic rings. The summed E-state index contributed by atoms with van der Waals surface area (Å²) < 4.78 is 72.5. The number of hydrogen-bond donors (Lipinski definition) is 1. The van der Waals surface area contributed by atoms with E-state index in [1.807, 2.05) is 0 Å². The van der Waals surface area contributed by atoms with Crippen molar-refractivity contribution in [2.75, 3.05) is 53.0 Å². The molecule has 1 fully saturated rings. The van der Waals surface area contributed by atoms with Gasteiger partial charge in [-0.15, -0.1) is 0 Å². The van der Waals surface area contributed by atoms with E-state index in [2.05, 4.69) is 10.2 Å². The van der Waals surface area contributed by atoms with Crippen LogP contribution in [0.15, 0.2) is 71.5 Å². The lowest BCUT2D eigenvalue weighted by Gasteiger charge is -2.36. The van der Waals surface area contributed by atoms with Crippen molar-refractivity contribution in [3.05, 3.63) is 99.9 Å². The Bertz CT molecular complexity index is 1970. The van der Waals surface area contributed by atoms with Gasteiger partial charge < -0.3 is 24.4 Å². The first-order valence-electron chi connectivity index (χ1n) is 17.7. The van der Waals surface area contributed by atoms with E-state index < -0.39 is 47.6 Å². The van der Waals surface area contributed by atoms with Crippen LogP contribution >= 0.6 is 0 Å². The van der Waals surface area contributed by atoms with E-state index in [4.69, 9.17) is 19.2 Å². The molecule has 1 aliphatic heterocycles. The zero-order chi connectivity index (χ0) is 39.0. The van der Waals surface area contributed by atoms with Crippen molar-refractivity contribution in [3.63, 3.8) is 0 Å². The van der Waals surface area contributed by atoms with Crippen LogP contribution in [0.4, 0.5) is 22.4 Å². The molecule has 290 valence electrons. The molecule has 1 aromatic heterocycles. The molecule has 0 saturated carbocycles. The number of carbonyl (C=O) groups excluding carboxylic acids is 2. The van der Waals surface area contributed by atoms with E-state index in [1.54, 1.807) is 74.2 Å². The monoisotopic (exact) mass is 755 g/mol. The number of para-hydroxylation sites is 1. The summed E-state index contributed by atoms with van der Waals surface area (Å²) in [6, 6.07) is 15.2. The SMILES string of the molecule is COc1ccc(-n2c(C(CCCNC(=O)OC(C)(C)C)N(CCN3CCOCC3)C(=O)Cc3ccc(C(F)(F)F)c(F)c3)nc3ccccc3c2=O)cc1. The maximum Gasteiger partial charge on any atom is 0.419 e. The Kier molecular flexibility index (Phi) is 13.0. The van der Waals surface area contributed by atoms with Gasteiger partial charge in [0.1, 0.15) is 23.0 Å². The summed E-state index contributed by atoms with van der Waals surface area (Å²) in [6.07, 6.45) is -5.44. The minimum Gasteiger partial charge on any atom is -0.497 e. The van der Waals surface area contributed by atoms with E-state index >= 15 is 0 Å². The second kappa shape index (κ2) is 17.4. The van der Waals surface area contributed by atoms with Gasteiger partial charge in [0.05, 0.1) is 54.9 Å². The number of rotatable bonds is 13. The number of methoxy groups -OCH3 is 1. The molecule has 1 saturated heterocycles. The predicted molar refractivity (Wildman–Crippen MR) is 194 cm³/mol. The van der Waals surface area contributed by atoms with Crippen LogP contribution in [-0.2, 0) is 26.9 Å². The molecule has 2 amide bonds. The van der Waals surface area contributed by atoms with E-state index in [0.717, 1.165) is 12.1 Å². The standard InChI is InChI=1S/C39H45F4N5O6/c1-38(2,3)54-37(51)44-17-7-10-33(35-45-32-9-6-5-8-29(32)36(50)48(35)27-12-14-28(52-4)15-13-27)47(19-18-46-20-22-53-23-21-46)34(49)25-26-11-16-30(31(40)24-26)39(41,42)43/h5-6,8-9,11-16,24,33H,7,10,17-23,25H2,1-4H3,(H,44,51). The van der Waals surface area contributed by atoms with Crippen LogP contribution in [0.1, 0.15) is 56.6 Å². The van der Waals surface area contributed by atoms with Gasteiger partial charge in [0.25, 0.3) is 5.56 Å². The molecule has 11 nitrogen and oxygen atoms in total. The van der Waals surface area contributed by atoms with Gasteiger partial charge in [0.15, 0.2) is 0 Å². The van der Waals surface area contributed by atoms with E-state index in [0.29, 0.717) is 67.7 Å². The normalized spacial score (nSPS) is 14.4. The smallest absolute Gasteiger partial charge is 0.419 e. The molecule has 15 heteroatoms. The highest BCUT2D eigenvalue weighted by molar-refractivity contribution is 5.80. The number of alkyl halides is 3. The lowest BCUT2D eigenvalue weighted by molar-refractivity contribution is -0.140. The highest BCUT2D eigenvalue weighted by Gasteiger charge is 2.35. The fraction of sp³-hybridized carbons (Fsp3) is 0.436. The van der Waals surface area contributed by atoms with Gasteiger partial charge in [-0.3, -0.25) is 19.1 Å². The maximum absolute atomic E-state index is 14.7. The molecular formula is C39H45F4N5O6. The van der Waals surface area contributed by atoms with Gasteiger partial charge in [-0.1, -0.05) is 18.2 Å². The number of benzene rings is 3. The van der Waals surface area contributed by atoms with Crippen LogP contribution in [0, 0.1) is 5.82 Å². The molecule has 54 heavy (non-hydrogen) atoms. The fourth-order valence-corrected chi connectivity index (χ4v) is 6.28. The Morgan fingerprint density at radius 3 is 2.37 bits per heavy atom. The quantitative estimate of drug-likeness (QED) is 0.125. The number of nitrogens with zero attached hydrogens (tertiary/aromatic N) is 4. The Labute approximate surface area is 310 Å². The van der Waals surface area contributed by atoms with Crippen LogP contribution in [0.3, 0.4) is 0 Å². The molecular weight excluding hydrogens is 710 g/mol. The Balaban J connectivity index is 1.61. The minimum absolute atomic E-state index is 0.0474. The molecule has 0 bridgehead atoms. The Morgan fingerprint density at radius 1 is 1.02 bits per heavy atom. The highest BCUT2D eigenvalue weighted by atomic mass is 19.4. The summed E-state index contributed by atoms with van der Waals surface area (Å²) in [6.45, 7) is 8.15. The Morgan fingerprint density at radius 2 is 1.72 bits per heavy atom. The first-order valence-corrected chi connectivity index (χ1v) is 17.7. The van der Waals surface area contributed by atoms with Gasteiger partial charge in [-0.25, -0.2) is 14.2 Å². The number of morpholine rings is 1. The van der Waals surface area contributed by atoms with Crippen LogP contribution in [-0.4, -0.2) is 90.0 Å². The summed E-state index contributed by atoms with van der Waals surface area (Å²) in [5.74, 6) is -1.22. The lowest BCUT2D eigenvalue weighted by Crippen LogP contribution is -2.46. The predicted octanol–water partition coefficient (Wildman–Crippen LogP) is 6.30. The zero-order valence-electron chi connectivity index (χ0n) is 30.7. The van der Waals surface area contributed by atoms with Crippen molar-refractivity contribution in [3.8, 4) is 11.4 Å². The molecule has 2 heterocycles. The van der Waals surface area contributed by atoms with Crippen molar-refractivity contribution in [2.24, 2.45) is 0 Å². The first-order chi connectivity index (χ1) is 25.6. The molecule has 5 rings (SSSR count). The van der Waals surface area contributed by atoms with Crippen molar-refractivity contribution in [1.82, 2.24) is 24.7 Å². The van der Waals surface area contributed by atoms with Crippen LogP contribution in [0.5, 0.6) is 5.75 Å². The number of halogens is 4. The highest BCUT2D eigenvalue weighted by Crippen LogP contribution is 2.33. The summed E-state index contributed by atoms with van der Waals surface area (Å²) in [5.41, 5.74) is -1.64. The number of fused-ring (bicyclic) bond motifs is 1. The fourth-order valence-electron chi connectivity index (χ4n) is 6.28. The number of alkyl carbamates (subject to hydrolysis) is 1. The van der Waals surface area contributed by atoms with E-state index in [9.17, 15) is 31.9 Å². The Hall–Kier alpha value is -5.02. The third kappa shape index (κ3) is 10.3. The van der Waals surface area contributed by atoms with Gasteiger partial charge in [-0.2, -0.15) is 13.2 Å². The van der Waals surface area contributed by atoms with Gasteiger partial charge >= 0.3 is 12.3 Å². The van der Waals surface area contributed by atoms with Crippen molar-refractivity contribution in [1.29, 1.82) is 0 Å². The topological polar surface area (TPSA) is 115 Å².